The lowest BCUT2D eigenvalue weighted by Crippen LogP contribution is -2.35. The first kappa shape index (κ1) is 9.05. The van der Waals surface area contributed by atoms with Crippen molar-refractivity contribution in [2.24, 2.45) is 11.8 Å². The predicted octanol–water partition coefficient (Wildman–Crippen LogP) is 2.58. The third kappa shape index (κ3) is 1.96. The predicted molar refractivity (Wildman–Crippen MR) is 47.4 cm³/mol. The van der Waals surface area contributed by atoms with E-state index in [9.17, 15) is 5.11 Å². The molecule has 66 valence electrons. The Balaban J connectivity index is 2.24. The van der Waals surface area contributed by atoms with Crippen molar-refractivity contribution < 1.29 is 5.11 Å². The number of aliphatic hydroxyl groups is 1. The number of hydrogen-bond donors (Lipinski definition) is 1. The Bertz CT molecular complexity index is 109. The molecule has 3 atom stereocenters. The molecule has 0 bridgehead atoms. The summed E-state index contributed by atoms with van der Waals surface area (Å²) in [6.07, 6.45) is 5.99. The van der Waals surface area contributed by atoms with E-state index < -0.39 is 0 Å². The summed E-state index contributed by atoms with van der Waals surface area (Å²) >= 11 is 0. The van der Waals surface area contributed by atoms with Gasteiger partial charge in [-0.05, 0) is 31.1 Å². The van der Waals surface area contributed by atoms with Crippen molar-refractivity contribution >= 4 is 0 Å². The largest absolute Gasteiger partial charge is 0.393 e. The zero-order chi connectivity index (χ0) is 8.27. The zero-order valence-corrected chi connectivity index (χ0v) is 7.71. The summed E-state index contributed by atoms with van der Waals surface area (Å²) < 4.78 is 0. The van der Waals surface area contributed by atoms with Crippen molar-refractivity contribution in [3.8, 4) is 0 Å². The van der Waals surface area contributed by atoms with Gasteiger partial charge in [0.25, 0.3) is 0 Å². The van der Waals surface area contributed by atoms with Crippen LogP contribution in [0.25, 0.3) is 0 Å². The molecule has 0 radical (unpaired) electrons. The summed E-state index contributed by atoms with van der Waals surface area (Å²) in [5, 5.41) is 9.67. The van der Waals surface area contributed by atoms with E-state index in [2.05, 4.69) is 13.8 Å². The molecule has 1 fully saturated rings. The molecule has 1 unspecified atom stereocenters. The van der Waals surface area contributed by atoms with Crippen LogP contribution < -0.4 is 0 Å². The molecule has 1 saturated carbocycles. The van der Waals surface area contributed by atoms with Gasteiger partial charge in [-0.15, -0.1) is 0 Å². The Labute approximate surface area is 69.8 Å². The topological polar surface area (TPSA) is 20.2 Å². The lowest BCUT2D eigenvalue weighted by atomic mass is 9.68. The Hall–Kier alpha value is -0.0400. The van der Waals surface area contributed by atoms with Crippen LogP contribution in [-0.2, 0) is 0 Å². The molecule has 0 heterocycles. The van der Waals surface area contributed by atoms with Crippen LogP contribution in [0.5, 0.6) is 0 Å². The quantitative estimate of drug-likeness (QED) is 0.663. The summed E-state index contributed by atoms with van der Waals surface area (Å²) in [5.74, 6) is 1.47. The molecular weight excluding hydrogens is 136 g/mol. The first-order valence-electron chi connectivity index (χ1n) is 4.97. The normalized spacial score (nSPS) is 33.0. The van der Waals surface area contributed by atoms with Gasteiger partial charge < -0.3 is 5.11 Å². The van der Waals surface area contributed by atoms with Crippen LogP contribution in [0.15, 0.2) is 0 Å². The standard InChI is InChI=1S/C10H20O/c1-3-5-10(11)9-7-6-8(9)4-2/h8-11H,3-7H2,1-2H3/t8-,9-,10?/m1/s1. The third-order valence-corrected chi connectivity index (χ3v) is 3.08. The maximum absolute atomic E-state index is 9.67. The lowest BCUT2D eigenvalue weighted by molar-refractivity contribution is 0.00612. The summed E-state index contributed by atoms with van der Waals surface area (Å²) in [7, 11) is 0. The van der Waals surface area contributed by atoms with Crippen LogP contribution in [0.4, 0.5) is 0 Å². The molecule has 11 heavy (non-hydrogen) atoms. The third-order valence-electron chi connectivity index (χ3n) is 3.08. The first-order chi connectivity index (χ1) is 5.29. The van der Waals surface area contributed by atoms with Crippen LogP contribution in [-0.4, -0.2) is 11.2 Å². The molecule has 1 nitrogen and oxygen atoms in total. The van der Waals surface area contributed by atoms with E-state index in [0.717, 1.165) is 18.8 Å². The zero-order valence-electron chi connectivity index (χ0n) is 7.71. The monoisotopic (exact) mass is 156 g/mol. The van der Waals surface area contributed by atoms with E-state index in [-0.39, 0.29) is 6.10 Å². The highest BCUT2D eigenvalue weighted by Gasteiger charge is 2.33. The van der Waals surface area contributed by atoms with Crippen molar-refractivity contribution in [1.29, 1.82) is 0 Å². The van der Waals surface area contributed by atoms with E-state index in [1.807, 2.05) is 0 Å². The molecule has 0 aromatic rings. The van der Waals surface area contributed by atoms with Crippen molar-refractivity contribution in [3.05, 3.63) is 0 Å². The van der Waals surface area contributed by atoms with Crippen LogP contribution in [0.2, 0.25) is 0 Å². The van der Waals surface area contributed by atoms with Crippen molar-refractivity contribution in [2.75, 3.05) is 0 Å². The minimum absolute atomic E-state index is 0.00120. The second kappa shape index (κ2) is 4.10. The lowest BCUT2D eigenvalue weighted by Gasteiger charge is -2.39. The molecule has 1 N–H and O–H groups in total. The van der Waals surface area contributed by atoms with Gasteiger partial charge in [-0.3, -0.25) is 0 Å². The Kier molecular flexibility index (Phi) is 3.38. The second-order valence-electron chi connectivity index (χ2n) is 3.77. The average molecular weight is 156 g/mol. The highest BCUT2D eigenvalue weighted by Crippen LogP contribution is 2.39. The summed E-state index contributed by atoms with van der Waals surface area (Å²) in [6.45, 7) is 4.37. The minimum atomic E-state index is -0.00120. The molecule has 0 amide bonds. The van der Waals surface area contributed by atoms with Gasteiger partial charge >= 0.3 is 0 Å². The van der Waals surface area contributed by atoms with Crippen LogP contribution in [0.3, 0.4) is 0 Å². The molecule has 0 saturated heterocycles. The number of rotatable bonds is 4. The number of hydrogen-bond acceptors (Lipinski definition) is 1. The maximum atomic E-state index is 9.67. The van der Waals surface area contributed by atoms with Crippen molar-refractivity contribution in [3.63, 3.8) is 0 Å². The molecule has 0 aliphatic heterocycles. The molecule has 0 aromatic carbocycles. The highest BCUT2D eigenvalue weighted by atomic mass is 16.3. The van der Waals surface area contributed by atoms with Gasteiger partial charge in [0.1, 0.15) is 0 Å². The Morgan fingerprint density at radius 2 is 2.09 bits per heavy atom. The van der Waals surface area contributed by atoms with Gasteiger partial charge in [-0.1, -0.05) is 26.7 Å². The SMILES string of the molecule is CCCC(O)[C@@H]1CC[C@H]1CC. The fraction of sp³-hybridized carbons (Fsp3) is 1.00. The summed E-state index contributed by atoms with van der Waals surface area (Å²) in [6, 6.07) is 0. The van der Waals surface area contributed by atoms with Gasteiger partial charge in [-0.25, -0.2) is 0 Å². The molecule has 1 aliphatic rings. The van der Waals surface area contributed by atoms with Crippen molar-refractivity contribution in [1.82, 2.24) is 0 Å². The maximum Gasteiger partial charge on any atom is 0.0570 e. The number of aliphatic hydroxyl groups excluding tert-OH is 1. The fourth-order valence-electron chi connectivity index (χ4n) is 2.12. The van der Waals surface area contributed by atoms with Crippen LogP contribution >= 0.6 is 0 Å². The highest BCUT2D eigenvalue weighted by molar-refractivity contribution is 4.84. The van der Waals surface area contributed by atoms with E-state index in [1.54, 1.807) is 0 Å². The van der Waals surface area contributed by atoms with Crippen molar-refractivity contribution in [2.45, 2.75) is 52.1 Å². The van der Waals surface area contributed by atoms with Gasteiger partial charge in [0.2, 0.25) is 0 Å². The van der Waals surface area contributed by atoms with Gasteiger partial charge in [0, 0.05) is 0 Å². The Morgan fingerprint density at radius 1 is 1.36 bits per heavy atom. The molecular formula is C10H20O. The van der Waals surface area contributed by atoms with E-state index in [1.165, 1.54) is 19.3 Å². The summed E-state index contributed by atoms with van der Waals surface area (Å²) in [4.78, 5) is 0. The van der Waals surface area contributed by atoms with Crippen LogP contribution in [0.1, 0.15) is 46.0 Å². The van der Waals surface area contributed by atoms with Gasteiger partial charge in [0.05, 0.1) is 6.10 Å². The van der Waals surface area contributed by atoms with Gasteiger partial charge in [-0.2, -0.15) is 0 Å². The van der Waals surface area contributed by atoms with E-state index >= 15 is 0 Å². The minimum Gasteiger partial charge on any atom is -0.393 e. The van der Waals surface area contributed by atoms with Crippen LogP contribution in [0, 0.1) is 11.8 Å². The smallest absolute Gasteiger partial charge is 0.0570 e. The first-order valence-corrected chi connectivity index (χ1v) is 4.97. The molecule has 0 aromatic heterocycles. The summed E-state index contributed by atoms with van der Waals surface area (Å²) in [5.41, 5.74) is 0. The Morgan fingerprint density at radius 3 is 2.45 bits per heavy atom. The molecule has 1 heteroatoms. The second-order valence-corrected chi connectivity index (χ2v) is 3.77. The van der Waals surface area contributed by atoms with E-state index in [0.29, 0.717) is 5.92 Å². The van der Waals surface area contributed by atoms with Gasteiger partial charge in [0.15, 0.2) is 0 Å². The molecule has 0 spiro atoms. The molecule has 1 aliphatic carbocycles. The van der Waals surface area contributed by atoms with E-state index in [4.69, 9.17) is 0 Å². The average Bonchev–Trinajstić information content (AvgIpc) is 1.86. The molecule has 1 rings (SSSR count). The fourth-order valence-corrected chi connectivity index (χ4v) is 2.12.